The van der Waals surface area contributed by atoms with Gasteiger partial charge in [-0.3, -0.25) is 0 Å². The van der Waals surface area contributed by atoms with Gasteiger partial charge in [-0.15, -0.1) is 0 Å². The molecule has 8 nitrogen and oxygen atoms in total. The Bertz CT molecular complexity index is 1470. The summed E-state index contributed by atoms with van der Waals surface area (Å²) in [5, 5.41) is 10.4. The summed E-state index contributed by atoms with van der Waals surface area (Å²) < 4.78 is 39.0. The summed E-state index contributed by atoms with van der Waals surface area (Å²) in [4.78, 5) is 16.3. The van der Waals surface area contributed by atoms with Gasteiger partial charge in [0, 0.05) is 12.6 Å². The second-order valence-corrected chi connectivity index (χ2v) is 10.3. The van der Waals surface area contributed by atoms with Crippen LogP contribution in [0.25, 0.3) is 6.08 Å². The molecule has 0 saturated heterocycles. The average molecular weight is 507 g/mol. The summed E-state index contributed by atoms with van der Waals surface area (Å²) in [6.07, 6.45) is 1.48. The zero-order chi connectivity index (χ0) is 25.9. The van der Waals surface area contributed by atoms with E-state index in [1.165, 1.54) is 17.5 Å². The molecule has 0 atom stereocenters. The van der Waals surface area contributed by atoms with Crippen LogP contribution in [0.5, 0.6) is 0 Å². The summed E-state index contributed by atoms with van der Waals surface area (Å²) in [5.74, 6) is -0.231. The molecule has 1 aliphatic rings. The molecule has 0 spiro atoms. The van der Waals surface area contributed by atoms with Crippen molar-refractivity contribution in [3.05, 3.63) is 106 Å². The van der Waals surface area contributed by atoms with Crippen molar-refractivity contribution in [2.45, 2.75) is 31.8 Å². The Morgan fingerprint density at radius 2 is 1.72 bits per heavy atom. The largest absolute Gasteiger partial charge is 0.505 e. The van der Waals surface area contributed by atoms with Crippen LogP contribution in [0.2, 0.25) is 0 Å². The lowest BCUT2D eigenvalue weighted by molar-refractivity contribution is -0.135. The predicted octanol–water partition coefficient (Wildman–Crippen LogP) is 4.78. The van der Waals surface area contributed by atoms with E-state index in [-0.39, 0.29) is 35.0 Å². The number of carbonyl (C=O) groups is 1. The highest BCUT2D eigenvalue weighted by atomic mass is 32.2. The molecular weight excluding hydrogens is 480 g/mol. The minimum atomic E-state index is -3.83. The molecule has 0 bridgehead atoms. The van der Waals surface area contributed by atoms with E-state index in [0.717, 1.165) is 11.1 Å². The standard InChI is InChI=1S/C27H26N2O6S/c1-18-9-13-23(14-10-18)36(32,33)29(16-20-7-5-4-6-8-20)17-22-12-11-21(35-22)15-24-26(30)25(19(2)28-24)27(31)34-3/h4-15,30H,16-17H2,1-3H3/b24-15+. The number of rotatable bonds is 8. The minimum Gasteiger partial charge on any atom is -0.505 e. The van der Waals surface area contributed by atoms with Gasteiger partial charge in [-0.05, 0) is 43.7 Å². The SMILES string of the molecule is COC(=O)C1=C(O)/C(=C\c2ccc(CN(Cc3ccccc3)S(=O)(=O)c3ccc(C)cc3)o2)N=C1C. The summed E-state index contributed by atoms with van der Waals surface area (Å²) in [5.41, 5.74) is 2.28. The van der Waals surface area contributed by atoms with Crippen molar-refractivity contribution < 1.29 is 27.5 Å². The first-order valence-corrected chi connectivity index (χ1v) is 12.6. The topological polar surface area (TPSA) is 109 Å². The summed E-state index contributed by atoms with van der Waals surface area (Å²) in [7, 11) is -2.60. The normalized spacial score (nSPS) is 15.0. The van der Waals surface area contributed by atoms with Gasteiger partial charge in [-0.2, -0.15) is 4.31 Å². The number of aliphatic imine (C=N–C) groups is 1. The molecule has 0 saturated carbocycles. The van der Waals surface area contributed by atoms with Crippen molar-refractivity contribution in [2.75, 3.05) is 7.11 Å². The molecule has 2 aromatic carbocycles. The highest BCUT2D eigenvalue weighted by molar-refractivity contribution is 7.89. The van der Waals surface area contributed by atoms with Crippen LogP contribution in [-0.4, -0.2) is 36.6 Å². The molecule has 0 radical (unpaired) electrons. The zero-order valence-electron chi connectivity index (χ0n) is 20.1. The molecule has 4 rings (SSSR count). The number of aliphatic hydroxyl groups excluding tert-OH is 1. The van der Waals surface area contributed by atoms with E-state index in [9.17, 15) is 18.3 Å². The highest BCUT2D eigenvalue weighted by Crippen LogP contribution is 2.28. The highest BCUT2D eigenvalue weighted by Gasteiger charge is 2.28. The van der Waals surface area contributed by atoms with Gasteiger partial charge in [0.1, 0.15) is 22.8 Å². The van der Waals surface area contributed by atoms with Gasteiger partial charge < -0.3 is 14.3 Å². The number of hydrogen-bond donors (Lipinski definition) is 1. The van der Waals surface area contributed by atoms with Crippen LogP contribution in [0.15, 0.2) is 98.1 Å². The Kier molecular flexibility index (Phi) is 7.23. The second kappa shape index (κ2) is 10.3. The number of ether oxygens (including phenoxy) is 1. The Morgan fingerprint density at radius 3 is 2.39 bits per heavy atom. The molecule has 1 aliphatic heterocycles. The molecular formula is C27H26N2O6S. The lowest BCUT2D eigenvalue weighted by Crippen LogP contribution is -2.30. The first kappa shape index (κ1) is 25.2. The summed E-state index contributed by atoms with van der Waals surface area (Å²) in [6.45, 7) is 3.64. The molecule has 9 heteroatoms. The first-order valence-electron chi connectivity index (χ1n) is 11.2. The molecule has 2 heterocycles. The maximum atomic E-state index is 13.5. The van der Waals surface area contributed by atoms with E-state index in [0.29, 0.717) is 17.2 Å². The molecule has 186 valence electrons. The van der Waals surface area contributed by atoms with Crippen LogP contribution in [0, 0.1) is 6.92 Å². The maximum absolute atomic E-state index is 13.5. The van der Waals surface area contributed by atoms with E-state index >= 15 is 0 Å². The third-order valence-electron chi connectivity index (χ3n) is 5.67. The van der Waals surface area contributed by atoms with Gasteiger partial charge in [0.05, 0.1) is 24.3 Å². The van der Waals surface area contributed by atoms with Gasteiger partial charge in [-0.1, -0.05) is 48.0 Å². The Morgan fingerprint density at radius 1 is 1.03 bits per heavy atom. The van der Waals surface area contributed by atoms with E-state index in [4.69, 9.17) is 9.15 Å². The van der Waals surface area contributed by atoms with Gasteiger partial charge in [0.2, 0.25) is 10.0 Å². The molecule has 1 aromatic heterocycles. The monoisotopic (exact) mass is 506 g/mol. The van der Waals surface area contributed by atoms with Crippen molar-refractivity contribution in [1.82, 2.24) is 4.31 Å². The second-order valence-electron chi connectivity index (χ2n) is 8.32. The minimum absolute atomic E-state index is 0.00578. The molecule has 3 aromatic rings. The molecule has 1 N–H and O–H groups in total. The Hall–Kier alpha value is -3.95. The van der Waals surface area contributed by atoms with E-state index < -0.39 is 16.0 Å². The number of carbonyl (C=O) groups excluding carboxylic acids is 1. The van der Waals surface area contributed by atoms with Crippen LogP contribution >= 0.6 is 0 Å². The van der Waals surface area contributed by atoms with Gasteiger partial charge in [-0.25, -0.2) is 18.2 Å². The predicted molar refractivity (Wildman–Crippen MR) is 136 cm³/mol. The van der Waals surface area contributed by atoms with Crippen molar-refractivity contribution in [3.8, 4) is 0 Å². The van der Waals surface area contributed by atoms with Crippen molar-refractivity contribution in [2.24, 2.45) is 4.99 Å². The van der Waals surface area contributed by atoms with Crippen LogP contribution < -0.4 is 0 Å². The lowest BCUT2D eigenvalue weighted by Gasteiger charge is -2.21. The van der Waals surface area contributed by atoms with Crippen molar-refractivity contribution in [1.29, 1.82) is 0 Å². The molecule has 0 fully saturated rings. The lowest BCUT2D eigenvalue weighted by atomic mass is 10.1. The number of sulfonamides is 1. The van der Waals surface area contributed by atoms with Crippen molar-refractivity contribution in [3.63, 3.8) is 0 Å². The third kappa shape index (κ3) is 5.32. The van der Waals surface area contributed by atoms with Crippen LogP contribution in [0.3, 0.4) is 0 Å². The van der Waals surface area contributed by atoms with E-state index in [1.54, 1.807) is 43.3 Å². The van der Waals surface area contributed by atoms with E-state index in [2.05, 4.69) is 4.99 Å². The molecule has 0 aliphatic carbocycles. The quantitative estimate of drug-likeness (QED) is 0.441. The number of benzene rings is 2. The fourth-order valence-corrected chi connectivity index (χ4v) is 5.17. The fraction of sp³-hybridized carbons (Fsp3) is 0.185. The Balaban J connectivity index is 1.63. The number of aliphatic hydroxyl groups is 1. The summed E-state index contributed by atoms with van der Waals surface area (Å²) in [6, 6.07) is 19.3. The Labute approximate surface area is 209 Å². The number of esters is 1. The molecule has 36 heavy (non-hydrogen) atoms. The first-order chi connectivity index (χ1) is 17.2. The maximum Gasteiger partial charge on any atom is 0.343 e. The number of hydrogen-bond acceptors (Lipinski definition) is 7. The van der Waals surface area contributed by atoms with Crippen LogP contribution in [-0.2, 0) is 32.6 Å². The van der Waals surface area contributed by atoms with Gasteiger partial charge in [0.15, 0.2) is 5.76 Å². The molecule has 0 unspecified atom stereocenters. The number of aryl methyl sites for hydroxylation is 1. The number of nitrogens with zero attached hydrogens (tertiary/aromatic N) is 2. The van der Waals surface area contributed by atoms with Crippen LogP contribution in [0.4, 0.5) is 0 Å². The summed E-state index contributed by atoms with van der Waals surface area (Å²) >= 11 is 0. The fourth-order valence-electron chi connectivity index (χ4n) is 3.77. The smallest absolute Gasteiger partial charge is 0.343 e. The van der Waals surface area contributed by atoms with Gasteiger partial charge in [0.25, 0.3) is 0 Å². The molecule has 0 amide bonds. The van der Waals surface area contributed by atoms with Gasteiger partial charge >= 0.3 is 5.97 Å². The zero-order valence-corrected chi connectivity index (χ0v) is 21.0. The number of furan rings is 1. The van der Waals surface area contributed by atoms with Crippen molar-refractivity contribution >= 4 is 27.8 Å². The average Bonchev–Trinajstić information content (AvgIpc) is 3.42. The van der Waals surface area contributed by atoms with E-state index in [1.807, 2.05) is 37.3 Å². The third-order valence-corrected chi connectivity index (χ3v) is 7.48. The number of methoxy groups -OCH3 is 1. The van der Waals surface area contributed by atoms with Crippen LogP contribution in [0.1, 0.15) is 29.6 Å².